The average Bonchev–Trinajstić information content (AvgIpc) is 3.43. The number of aromatic nitrogens is 3. The van der Waals surface area contributed by atoms with Gasteiger partial charge in [-0.2, -0.15) is 14.6 Å². The fourth-order valence-electron chi connectivity index (χ4n) is 3.70. The number of carbonyl (C=O) groups is 1. The number of nitrogens with one attached hydrogen (secondary N) is 1. The normalized spacial score (nSPS) is 16.2. The highest BCUT2D eigenvalue weighted by Gasteiger charge is 2.34. The number of amides is 1. The molecule has 2 aliphatic heterocycles. The second-order valence-electron chi connectivity index (χ2n) is 8.05. The van der Waals surface area contributed by atoms with E-state index >= 15 is 0 Å². The third-order valence-electron chi connectivity index (χ3n) is 5.36. The summed E-state index contributed by atoms with van der Waals surface area (Å²) in [6.45, 7) is 3.83. The Hall–Kier alpha value is -4.32. The Bertz CT molecular complexity index is 1550. The Balaban J connectivity index is 1.35. The Morgan fingerprint density at radius 3 is 2.83 bits per heavy atom. The molecule has 1 aromatic carbocycles. The first-order valence-corrected chi connectivity index (χ1v) is 12.0. The summed E-state index contributed by atoms with van der Waals surface area (Å²) in [4.78, 5) is 39.4. The molecule has 2 aliphatic rings. The molecule has 36 heavy (non-hydrogen) atoms. The van der Waals surface area contributed by atoms with Gasteiger partial charge in [0.2, 0.25) is 4.96 Å². The molecule has 0 fully saturated rings. The summed E-state index contributed by atoms with van der Waals surface area (Å²) < 4.78 is 12.7. The van der Waals surface area contributed by atoms with Crippen molar-refractivity contribution in [3.8, 4) is 11.5 Å². The van der Waals surface area contributed by atoms with Crippen LogP contribution < -0.4 is 15.0 Å². The van der Waals surface area contributed by atoms with Crippen molar-refractivity contribution in [3.63, 3.8) is 0 Å². The second-order valence-corrected chi connectivity index (χ2v) is 9.09. The minimum absolute atomic E-state index is 0.0584. The largest absolute Gasteiger partial charge is 0.493 e. The number of aliphatic imine (C=N–C) groups is 1. The molecule has 0 spiro atoms. The summed E-state index contributed by atoms with van der Waals surface area (Å²) in [5.74, 6) is 1.05. The van der Waals surface area contributed by atoms with Crippen LogP contribution in [0.1, 0.15) is 36.5 Å². The topological polar surface area (TPSA) is 131 Å². The second kappa shape index (κ2) is 9.38. The van der Waals surface area contributed by atoms with E-state index in [-0.39, 0.29) is 29.4 Å². The highest BCUT2D eigenvalue weighted by molar-refractivity contribution is 7.16. The molecule has 4 heterocycles. The molecule has 11 nitrogen and oxygen atoms in total. The van der Waals surface area contributed by atoms with Crippen molar-refractivity contribution < 1.29 is 19.1 Å². The number of benzene rings is 1. The number of carbonyl (C=O) groups excluding carboxylic acids is 1. The van der Waals surface area contributed by atoms with Gasteiger partial charge in [-0.05, 0) is 37.1 Å². The average molecular weight is 507 g/mol. The van der Waals surface area contributed by atoms with Gasteiger partial charge in [0, 0.05) is 18.6 Å². The van der Waals surface area contributed by atoms with Gasteiger partial charge >= 0.3 is 0 Å². The highest BCUT2D eigenvalue weighted by atomic mass is 32.1. The number of hydrogen-bond acceptors (Lipinski definition) is 9. The number of methoxy groups -OCH3 is 1. The number of hydroxylamine groups is 2. The summed E-state index contributed by atoms with van der Waals surface area (Å²) in [7, 11) is 1.50. The third kappa shape index (κ3) is 4.38. The summed E-state index contributed by atoms with van der Waals surface area (Å²) >= 11 is 1.39. The molecule has 2 aromatic heterocycles. The SMILES string of the molecule is CCCc1nn2c(=O)cc(COc3ccc(/C=C4\C(=N)N5OC(C)=CC5=NC4=O)cc3OC)nc2s1. The van der Waals surface area contributed by atoms with E-state index in [1.807, 2.05) is 0 Å². The Morgan fingerprint density at radius 1 is 1.22 bits per heavy atom. The molecular formula is C24H22N6O5S. The Morgan fingerprint density at radius 2 is 2.06 bits per heavy atom. The van der Waals surface area contributed by atoms with Crippen LogP contribution in [-0.2, 0) is 22.7 Å². The number of aryl methyl sites for hydroxylation is 1. The molecule has 0 saturated carbocycles. The van der Waals surface area contributed by atoms with Crippen LogP contribution in [0.5, 0.6) is 11.5 Å². The van der Waals surface area contributed by atoms with Gasteiger partial charge < -0.3 is 14.3 Å². The fraction of sp³-hybridized carbons (Fsp3) is 0.250. The molecule has 0 atom stereocenters. The summed E-state index contributed by atoms with van der Waals surface area (Å²) in [6, 6.07) is 6.50. The maximum Gasteiger partial charge on any atom is 0.282 e. The zero-order valence-corrected chi connectivity index (χ0v) is 20.6. The van der Waals surface area contributed by atoms with Crippen LogP contribution in [-0.4, -0.2) is 44.3 Å². The summed E-state index contributed by atoms with van der Waals surface area (Å²) in [5.41, 5.74) is 0.914. The molecular weight excluding hydrogens is 484 g/mol. The van der Waals surface area contributed by atoms with Crippen molar-refractivity contribution in [1.29, 1.82) is 5.41 Å². The predicted molar refractivity (Wildman–Crippen MR) is 133 cm³/mol. The van der Waals surface area contributed by atoms with Gasteiger partial charge in [0.25, 0.3) is 11.5 Å². The predicted octanol–water partition coefficient (Wildman–Crippen LogP) is 3.14. The van der Waals surface area contributed by atoms with Crippen LogP contribution in [0, 0.1) is 5.41 Å². The smallest absolute Gasteiger partial charge is 0.282 e. The standard InChI is InChI=1S/C24H22N6O5S/c1-4-5-20-28-29-21(31)11-15(26-24(29)36-20)12-34-17-7-6-14(10-18(17)33-3)9-16-22(25)30-19(27-23(16)32)8-13(2)35-30/h6-11,25H,4-5,12H2,1-3H3/b16-9+,25-22?. The van der Waals surface area contributed by atoms with E-state index in [1.54, 1.807) is 37.3 Å². The lowest BCUT2D eigenvalue weighted by Gasteiger charge is -2.23. The van der Waals surface area contributed by atoms with E-state index in [9.17, 15) is 9.59 Å². The van der Waals surface area contributed by atoms with Crippen LogP contribution in [0.2, 0.25) is 0 Å². The van der Waals surface area contributed by atoms with Gasteiger partial charge in [0.1, 0.15) is 17.4 Å². The monoisotopic (exact) mass is 506 g/mol. The quantitative estimate of drug-likeness (QED) is 0.484. The number of allylic oxidation sites excluding steroid dienone is 1. The zero-order chi connectivity index (χ0) is 25.4. The van der Waals surface area contributed by atoms with E-state index in [0.29, 0.717) is 33.5 Å². The lowest BCUT2D eigenvalue weighted by Crippen LogP contribution is -2.38. The molecule has 0 saturated heterocycles. The van der Waals surface area contributed by atoms with Crippen LogP contribution in [0.15, 0.2) is 51.5 Å². The number of nitrogens with zero attached hydrogens (tertiary/aromatic N) is 5. The van der Waals surface area contributed by atoms with Crippen LogP contribution in [0.25, 0.3) is 11.0 Å². The van der Waals surface area contributed by atoms with Crippen molar-refractivity contribution >= 4 is 40.0 Å². The van der Waals surface area contributed by atoms with E-state index in [2.05, 4.69) is 22.0 Å². The molecule has 184 valence electrons. The molecule has 12 heteroatoms. The van der Waals surface area contributed by atoms with Crippen molar-refractivity contribution in [2.24, 2.45) is 4.99 Å². The number of fused-ring (bicyclic) bond motifs is 2. The lowest BCUT2D eigenvalue weighted by molar-refractivity contribution is -0.114. The minimum Gasteiger partial charge on any atom is -0.493 e. The molecule has 3 aromatic rings. The first kappa shape index (κ1) is 23.4. The van der Waals surface area contributed by atoms with E-state index < -0.39 is 5.91 Å². The van der Waals surface area contributed by atoms with Crippen molar-refractivity contribution in [3.05, 3.63) is 68.3 Å². The fourth-order valence-corrected chi connectivity index (χ4v) is 4.72. The molecule has 0 aliphatic carbocycles. The van der Waals surface area contributed by atoms with Crippen LogP contribution in [0.3, 0.4) is 0 Å². The van der Waals surface area contributed by atoms with E-state index in [4.69, 9.17) is 19.7 Å². The molecule has 1 N–H and O–H groups in total. The molecule has 0 unspecified atom stereocenters. The molecule has 0 radical (unpaired) electrons. The molecule has 0 bridgehead atoms. The summed E-state index contributed by atoms with van der Waals surface area (Å²) in [6.07, 6.45) is 4.86. The number of ether oxygens (including phenoxy) is 2. The van der Waals surface area contributed by atoms with Gasteiger partial charge in [0.05, 0.1) is 18.4 Å². The van der Waals surface area contributed by atoms with Crippen molar-refractivity contribution in [1.82, 2.24) is 19.7 Å². The van der Waals surface area contributed by atoms with Crippen molar-refractivity contribution in [2.45, 2.75) is 33.3 Å². The Labute approximate surface area is 209 Å². The van der Waals surface area contributed by atoms with E-state index in [1.165, 1.54) is 34.1 Å². The minimum atomic E-state index is -0.530. The number of rotatable bonds is 7. The molecule has 5 rings (SSSR count). The van der Waals surface area contributed by atoms with E-state index in [0.717, 1.165) is 17.8 Å². The Kier molecular flexibility index (Phi) is 6.10. The maximum atomic E-state index is 12.5. The van der Waals surface area contributed by atoms with Gasteiger partial charge in [0.15, 0.2) is 23.2 Å². The van der Waals surface area contributed by atoms with Crippen LogP contribution >= 0.6 is 11.3 Å². The van der Waals surface area contributed by atoms with Gasteiger partial charge in [-0.15, -0.1) is 5.06 Å². The number of amidine groups is 2. The van der Waals surface area contributed by atoms with Gasteiger partial charge in [-0.1, -0.05) is 24.3 Å². The zero-order valence-electron chi connectivity index (χ0n) is 19.8. The third-order valence-corrected chi connectivity index (χ3v) is 6.33. The maximum absolute atomic E-state index is 12.5. The first-order chi connectivity index (χ1) is 17.4. The van der Waals surface area contributed by atoms with Crippen LogP contribution in [0.4, 0.5) is 0 Å². The molecule has 1 amide bonds. The number of hydrogen-bond donors (Lipinski definition) is 1. The lowest BCUT2D eigenvalue weighted by atomic mass is 10.1. The van der Waals surface area contributed by atoms with Gasteiger partial charge in [-0.25, -0.2) is 4.98 Å². The van der Waals surface area contributed by atoms with Crippen molar-refractivity contribution in [2.75, 3.05) is 7.11 Å². The summed E-state index contributed by atoms with van der Waals surface area (Å²) in [5, 5.41) is 14.7. The first-order valence-electron chi connectivity index (χ1n) is 11.2. The van der Waals surface area contributed by atoms with Gasteiger partial charge in [-0.3, -0.25) is 15.0 Å². The highest BCUT2D eigenvalue weighted by Crippen LogP contribution is 2.31.